The number of carbonyl (C=O) groups excluding carboxylic acids is 2. The Labute approximate surface area is 264 Å². The predicted molar refractivity (Wildman–Crippen MR) is 170 cm³/mol. The largest absolute Gasteiger partial charge is 0.494 e. The van der Waals surface area contributed by atoms with Gasteiger partial charge in [0.1, 0.15) is 12.2 Å². The Morgan fingerprint density at radius 1 is 1.02 bits per heavy atom. The third-order valence-electron chi connectivity index (χ3n) is 9.69. The van der Waals surface area contributed by atoms with Gasteiger partial charge in [0, 0.05) is 48.6 Å². The third kappa shape index (κ3) is 7.14. The molecule has 1 N–H and O–H groups in total. The predicted octanol–water partition coefficient (Wildman–Crippen LogP) is 6.38. The summed E-state index contributed by atoms with van der Waals surface area (Å²) in [4.78, 5) is 32.6. The van der Waals surface area contributed by atoms with Gasteiger partial charge in [-0.05, 0) is 100.0 Å². The molecule has 3 fully saturated rings. The molecular formula is C35H42N6O4. The molecule has 2 amide bonds. The molecule has 0 bridgehead atoms. The van der Waals surface area contributed by atoms with Crippen LogP contribution in [0.25, 0.3) is 11.1 Å². The molecule has 0 spiro atoms. The molecule has 0 atom stereocenters. The van der Waals surface area contributed by atoms with Crippen LogP contribution in [-0.4, -0.2) is 53.6 Å². The highest BCUT2D eigenvalue weighted by atomic mass is 16.6. The van der Waals surface area contributed by atoms with E-state index in [1.807, 2.05) is 35.4 Å². The number of methoxy groups -OCH3 is 1. The number of rotatable bonds is 9. The van der Waals surface area contributed by atoms with Gasteiger partial charge in [-0.1, -0.05) is 12.1 Å². The molecule has 0 radical (unpaired) electrons. The van der Waals surface area contributed by atoms with Crippen LogP contribution in [0.3, 0.4) is 0 Å². The van der Waals surface area contributed by atoms with E-state index in [0.717, 1.165) is 48.2 Å². The Balaban J connectivity index is 1.18. The molecule has 10 heteroatoms. The van der Waals surface area contributed by atoms with Crippen LogP contribution in [0.2, 0.25) is 0 Å². The number of carbonyl (C=O) groups is 2. The zero-order valence-electron chi connectivity index (χ0n) is 26.2. The third-order valence-corrected chi connectivity index (χ3v) is 9.69. The summed E-state index contributed by atoms with van der Waals surface area (Å²) < 4.78 is 12.8. The lowest BCUT2D eigenvalue weighted by Crippen LogP contribution is -2.42. The van der Waals surface area contributed by atoms with E-state index in [9.17, 15) is 14.9 Å². The molecule has 2 heterocycles. The van der Waals surface area contributed by atoms with Crippen molar-refractivity contribution in [2.24, 2.45) is 11.8 Å². The number of alkyl carbamates (subject to hydrolysis) is 1. The van der Waals surface area contributed by atoms with Gasteiger partial charge < -0.3 is 19.7 Å². The highest BCUT2D eigenvalue weighted by Crippen LogP contribution is 2.39. The quantitative estimate of drug-likeness (QED) is 0.298. The number of hydrogen-bond acceptors (Lipinski definition) is 7. The number of benzene rings is 1. The number of nitrogens with one attached hydrogen (secondary N) is 1. The molecule has 3 aliphatic carbocycles. The topological polar surface area (TPSA) is 122 Å². The number of aromatic nitrogens is 3. The van der Waals surface area contributed by atoms with Gasteiger partial charge in [-0.25, -0.2) is 9.78 Å². The Bertz CT molecular complexity index is 1540. The van der Waals surface area contributed by atoms with Crippen LogP contribution < -0.4 is 15.0 Å². The molecule has 3 saturated carbocycles. The number of amides is 2. The second-order valence-electron chi connectivity index (χ2n) is 12.7. The van der Waals surface area contributed by atoms with E-state index in [1.165, 1.54) is 12.8 Å². The van der Waals surface area contributed by atoms with Crippen LogP contribution in [0, 0.1) is 23.2 Å². The van der Waals surface area contributed by atoms with Crippen LogP contribution in [0.5, 0.6) is 5.75 Å². The van der Waals surface area contributed by atoms with Gasteiger partial charge in [0.25, 0.3) is 0 Å². The maximum absolute atomic E-state index is 14.3. The Hall–Kier alpha value is -4.39. The molecular weight excluding hydrogens is 568 g/mol. The minimum absolute atomic E-state index is 0.111. The van der Waals surface area contributed by atoms with Crippen molar-refractivity contribution in [3.63, 3.8) is 0 Å². The first-order valence-corrected chi connectivity index (χ1v) is 16.2. The van der Waals surface area contributed by atoms with Crippen molar-refractivity contribution in [3.8, 4) is 22.9 Å². The number of hydrogen-bond donors (Lipinski definition) is 1. The fourth-order valence-electron chi connectivity index (χ4n) is 6.89. The molecule has 6 rings (SSSR count). The first kappa shape index (κ1) is 30.6. The van der Waals surface area contributed by atoms with Gasteiger partial charge in [0.05, 0.1) is 19.3 Å². The average molecular weight is 611 g/mol. The second-order valence-corrected chi connectivity index (χ2v) is 12.7. The molecule has 3 aromatic rings. The molecule has 0 unspecified atom stereocenters. The van der Waals surface area contributed by atoms with E-state index in [0.29, 0.717) is 55.6 Å². The molecule has 1 aromatic carbocycles. The SMILES string of the molecule is CNC(=O)O[C@H]1CC[C@H](C(=O)N(C[C@H]2CC[C@H](c3ccc(OC)c(C#N)n3)CC2)c2cccc(-c3cnn(C4CC4)c3)c2)CC1. The average Bonchev–Trinajstić information content (AvgIpc) is 3.82. The fraction of sp³-hybridized carbons (Fsp3) is 0.514. The monoisotopic (exact) mass is 610 g/mol. The first-order valence-electron chi connectivity index (χ1n) is 16.2. The Morgan fingerprint density at radius 3 is 2.49 bits per heavy atom. The van der Waals surface area contributed by atoms with E-state index in [4.69, 9.17) is 9.47 Å². The molecule has 45 heavy (non-hydrogen) atoms. The zero-order chi connectivity index (χ0) is 31.3. The van der Waals surface area contributed by atoms with E-state index in [1.54, 1.807) is 14.2 Å². The number of anilines is 1. The normalized spacial score (nSPS) is 23.0. The van der Waals surface area contributed by atoms with Crippen molar-refractivity contribution >= 4 is 17.7 Å². The maximum atomic E-state index is 14.3. The Kier molecular flexibility index (Phi) is 9.34. The summed E-state index contributed by atoms with van der Waals surface area (Å²) in [5.41, 5.74) is 4.30. The minimum Gasteiger partial charge on any atom is -0.494 e. The molecule has 10 nitrogen and oxygen atoms in total. The smallest absolute Gasteiger partial charge is 0.407 e. The van der Waals surface area contributed by atoms with Crippen LogP contribution in [0.1, 0.15) is 87.6 Å². The second kappa shape index (κ2) is 13.7. The van der Waals surface area contributed by atoms with Gasteiger partial charge in [-0.2, -0.15) is 10.4 Å². The number of nitrogens with zero attached hydrogens (tertiary/aromatic N) is 5. The van der Waals surface area contributed by atoms with Crippen molar-refractivity contribution in [2.75, 3.05) is 25.6 Å². The summed E-state index contributed by atoms with van der Waals surface area (Å²) in [6.45, 7) is 0.657. The summed E-state index contributed by atoms with van der Waals surface area (Å²) in [7, 11) is 3.11. The van der Waals surface area contributed by atoms with Gasteiger partial charge >= 0.3 is 6.09 Å². The number of ether oxygens (including phenoxy) is 2. The van der Waals surface area contributed by atoms with Crippen molar-refractivity contribution in [2.45, 2.75) is 82.3 Å². The highest BCUT2D eigenvalue weighted by Gasteiger charge is 2.34. The molecule has 236 valence electrons. The van der Waals surface area contributed by atoms with E-state index < -0.39 is 6.09 Å². The Morgan fingerprint density at radius 2 is 1.80 bits per heavy atom. The van der Waals surface area contributed by atoms with Gasteiger partial charge in [0.2, 0.25) is 5.91 Å². The van der Waals surface area contributed by atoms with E-state index in [2.05, 4.69) is 44.5 Å². The molecule has 0 aliphatic heterocycles. The van der Waals surface area contributed by atoms with E-state index >= 15 is 0 Å². The summed E-state index contributed by atoms with van der Waals surface area (Å²) >= 11 is 0. The number of pyridine rings is 1. The lowest BCUT2D eigenvalue weighted by molar-refractivity contribution is -0.124. The van der Waals surface area contributed by atoms with Crippen molar-refractivity contribution in [1.29, 1.82) is 5.26 Å². The van der Waals surface area contributed by atoms with Gasteiger partial charge in [0.15, 0.2) is 11.4 Å². The van der Waals surface area contributed by atoms with Crippen LogP contribution in [-0.2, 0) is 9.53 Å². The summed E-state index contributed by atoms with van der Waals surface area (Å²) in [5, 5.41) is 16.6. The minimum atomic E-state index is -0.419. The lowest BCUT2D eigenvalue weighted by Gasteiger charge is -2.36. The van der Waals surface area contributed by atoms with Crippen molar-refractivity contribution in [1.82, 2.24) is 20.1 Å². The number of nitriles is 1. The van der Waals surface area contributed by atoms with Gasteiger partial charge in [-0.3, -0.25) is 9.48 Å². The molecule has 2 aromatic heterocycles. The zero-order valence-corrected chi connectivity index (χ0v) is 26.2. The molecule has 0 saturated heterocycles. The lowest BCUT2D eigenvalue weighted by atomic mass is 9.79. The van der Waals surface area contributed by atoms with Crippen molar-refractivity contribution < 1.29 is 19.1 Å². The van der Waals surface area contributed by atoms with Crippen LogP contribution in [0.15, 0.2) is 48.8 Å². The fourth-order valence-corrected chi connectivity index (χ4v) is 6.89. The highest BCUT2D eigenvalue weighted by molar-refractivity contribution is 5.95. The van der Waals surface area contributed by atoms with Crippen LogP contribution in [0.4, 0.5) is 10.5 Å². The van der Waals surface area contributed by atoms with Crippen LogP contribution >= 0.6 is 0 Å². The summed E-state index contributed by atoms with van der Waals surface area (Å²) in [6.07, 6.45) is 12.4. The summed E-state index contributed by atoms with van der Waals surface area (Å²) in [5.74, 6) is 1.18. The first-order chi connectivity index (χ1) is 21.9. The summed E-state index contributed by atoms with van der Waals surface area (Å²) in [6, 6.07) is 14.8. The molecule has 3 aliphatic rings. The van der Waals surface area contributed by atoms with Gasteiger partial charge in [-0.15, -0.1) is 0 Å². The standard InChI is InChI=1S/C35H42N6O4/c1-37-35(43)45-30-14-10-25(11-15-30)34(42)40(29-5-3-4-26(18-29)27-20-38-41(22-27)28-12-13-28)21-23-6-8-24(9-7-23)31-16-17-33(44-2)32(19-36)39-31/h3-5,16-18,20,22-25,28,30H,6-15,21H2,1-2H3,(H,37,43)/t23-,24-,25-,30-. The van der Waals surface area contributed by atoms with Crippen molar-refractivity contribution in [3.05, 3.63) is 60.2 Å². The maximum Gasteiger partial charge on any atom is 0.407 e. The van der Waals surface area contributed by atoms with E-state index in [-0.39, 0.29) is 23.8 Å².